The van der Waals surface area contributed by atoms with E-state index in [4.69, 9.17) is 19.1 Å². The molecule has 1 aromatic heterocycles. The lowest BCUT2D eigenvalue weighted by atomic mass is 9.78. The maximum Gasteiger partial charge on any atom is 0.498 e. The number of aliphatic hydroxyl groups is 1. The summed E-state index contributed by atoms with van der Waals surface area (Å²) in [5.74, 6) is 1.18. The summed E-state index contributed by atoms with van der Waals surface area (Å²) in [7, 11) is 1.20. The highest BCUT2D eigenvalue weighted by molar-refractivity contribution is 6.63. The van der Waals surface area contributed by atoms with E-state index in [0.717, 1.165) is 47.8 Å². The molecule has 0 amide bonds. The lowest BCUT2D eigenvalue weighted by Gasteiger charge is -2.32. The molecule has 4 rings (SSSR count). The van der Waals surface area contributed by atoms with Crippen molar-refractivity contribution in [3.63, 3.8) is 0 Å². The Hall–Kier alpha value is -1.57. The van der Waals surface area contributed by atoms with Gasteiger partial charge < -0.3 is 19.2 Å². The van der Waals surface area contributed by atoms with E-state index in [1.807, 2.05) is 6.07 Å². The zero-order valence-corrected chi connectivity index (χ0v) is 17.6. The number of fused-ring (bicyclic) bond motifs is 1. The first kappa shape index (κ1) is 19.7. The van der Waals surface area contributed by atoms with Gasteiger partial charge in [0.2, 0.25) is 0 Å². The summed E-state index contributed by atoms with van der Waals surface area (Å²) in [4.78, 5) is 0. The van der Waals surface area contributed by atoms with Crippen LogP contribution in [0.5, 0.6) is 5.75 Å². The second kappa shape index (κ2) is 7.04. The molecule has 1 aliphatic heterocycles. The maximum atomic E-state index is 9.37. The number of hydrogen-bond acceptors (Lipinski definition) is 5. The number of benzene rings is 1. The van der Waals surface area contributed by atoms with Crippen LogP contribution in [0.3, 0.4) is 0 Å². The molecular formula is C21H31BN2O4. The average Bonchev–Trinajstić information content (AvgIpc) is 3.17. The van der Waals surface area contributed by atoms with Gasteiger partial charge in [-0.2, -0.15) is 5.10 Å². The fraction of sp³-hybridized carbons (Fsp3) is 0.667. The van der Waals surface area contributed by atoms with Crippen molar-refractivity contribution in [2.75, 3.05) is 13.7 Å². The third kappa shape index (κ3) is 3.33. The van der Waals surface area contributed by atoms with Gasteiger partial charge in [-0.1, -0.05) is 0 Å². The smallest absolute Gasteiger partial charge is 0.497 e. The number of aliphatic hydroxyl groups excluding tert-OH is 1. The largest absolute Gasteiger partial charge is 0.498 e. The topological polar surface area (TPSA) is 65.7 Å². The van der Waals surface area contributed by atoms with Crippen LogP contribution in [0.2, 0.25) is 0 Å². The van der Waals surface area contributed by atoms with Crippen LogP contribution in [0.25, 0.3) is 10.9 Å². The fourth-order valence-electron chi connectivity index (χ4n) is 4.20. The molecule has 2 heterocycles. The zero-order chi connectivity index (χ0) is 20.1. The molecule has 7 heteroatoms. The Morgan fingerprint density at radius 2 is 1.79 bits per heavy atom. The van der Waals surface area contributed by atoms with Crippen molar-refractivity contribution in [2.24, 2.45) is 5.92 Å². The van der Waals surface area contributed by atoms with Crippen LogP contribution < -0.4 is 10.2 Å². The molecule has 0 unspecified atom stereocenters. The number of hydrogen-bond donors (Lipinski definition) is 1. The lowest BCUT2D eigenvalue weighted by molar-refractivity contribution is 0.00578. The molecule has 1 aliphatic carbocycles. The Kier molecular flexibility index (Phi) is 4.96. The molecule has 0 bridgehead atoms. The molecule has 1 saturated carbocycles. The minimum Gasteiger partial charge on any atom is -0.497 e. The van der Waals surface area contributed by atoms with Crippen LogP contribution >= 0.6 is 0 Å². The summed E-state index contributed by atoms with van der Waals surface area (Å²) >= 11 is 0. The minimum absolute atomic E-state index is 0.294. The van der Waals surface area contributed by atoms with Crippen LogP contribution in [-0.4, -0.2) is 46.9 Å². The first-order valence-electron chi connectivity index (χ1n) is 10.3. The van der Waals surface area contributed by atoms with E-state index >= 15 is 0 Å². The predicted molar refractivity (Wildman–Crippen MR) is 110 cm³/mol. The van der Waals surface area contributed by atoms with E-state index in [1.165, 1.54) is 0 Å². The van der Waals surface area contributed by atoms with Crippen LogP contribution in [0.1, 0.15) is 59.4 Å². The maximum absolute atomic E-state index is 9.37. The first-order valence-corrected chi connectivity index (χ1v) is 10.3. The highest BCUT2D eigenvalue weighted by atomic mass is 16.7. The van der Waals surface area contributed by atoms with Gasteiger partial charge in [0, 0.05) is 29.7 Å². The summed E-state index contributed by atoms with van der Waals surface area (Å²) in [6, 6.07) is 4.45. The Balaban J connectivity index is 1.64. The van der Waals surface area contributed by atoms with Gasteiger partial charge in [-0.05, 0) is 65.4 Å². The Labute approximate surface area is 167 Å². The normalized spacial score (nSPS) is 26.7. The monoisotopic (exact) mass is 386 g/mol. The van der Waals surface area contributed by atoms with Crippen molar-refractivity contribution in [1.82, 2.24) is 9.78 Å². The predicted octanol–water partition coefficient (Wildman–Crippen LogP) is 3.07. The molecule has 0 atom stereocenters. The zero-order valence-electron chi connectivity index (χ0n) is 17.6. The van der Waals surface area contributed by atoms with E-state index in [0.29, 0.717) is 18.6 Å². The molecule has 28 heavy (non-hydrogen) atoms. The van der Waals surface area contributed by atoms with E-state index in [1.54, 1.807) is 7.11 Å². The van der Waals surface area contributed by atoms with Crippen molar-refractivity contribution in [3.8, 4) is 5.75 Å². The van der Waals surface area contributed by atoms with Gasteiger partial charge >= 0.3 is 7.12 Å². The Morgan fingerprint density at radius 3 is 2.36 bits per heavy atom. The molecule has 0 radical (unpaired) electrons. The second-order valence-electron chi connectivity index (χ2n) is 9.21. The first-order chi connectivity index (χ1) is 13.2. The standard InChI is InChI=1S/C21H31BN2O4/c1-20(2)21(3,4)28-22(27-20)17-10-15-12-24(23-18(15)11-19(17)26-5)16-8-6-14(13-25)7-9-16/h10-12,14,16,25H,6-9,13H2,1-5H3/t14-,16-. The average molecular weight is 386 g/mol. The molecule has 2 fully saturated rings. The number of ether oxygens (including phenoxy) is 1. The summed E-state index contributed by atoms with van der Waals surface area (Å²) in [5, 5.41) is 15.2. The van der Waals surface area contributed by atoms with Gasteiger partial charge in [0.05, 0.1) is 29.9 Å². The van der Waals surface area contributed by atoms with E-state index < -0.39 is 18.3 Å². The number of nitrogens with zero attached hydrogens (tertiary/aromatic N) is 2. The van der Waals surface area contributed by atoms with Crippen molar-refractivity contribution < 1.29 is 19.2 Å². The molecule has 1 saturated heterocycles. The molecule has 152 valence electrons. The Morgan fingerprint density at radius 1 is 1.14 bits per heavy atom. The quantitative estimate of drug-likeness (QED) is 0.819. The van der Waals surface area contributed by atoms with Gasteiger partial charge in [0.15, 0.2) is 0 Å². The lowest BCUT2D eigenvalue weighted by Crippen LogP contribution is -2.41. The summed E-state index contributed by atoms with van der Waals surface area (Å²) in [5.41, 5.74) is 1.03. The van der Waals surface area contributed by atoms with Crippen LogP contribution in [0.15, 0.2) is 18.3 Å². The summed E-state index contributed by atoms with van der Waals surface area (Å²) in [6.45, 7) is 8.51. The van der Waals surface area contributed by atoms with Gasteiger partial charge in [0.25, 0.3) is 0 Å². The van der Waals surface area contributed by atoms with Crippen molar-refractivity contribution >= 4 is 23.5 Å². The molecular weight excluding hydrogens is 355 g/mol. The fourth-order valence-corrected chi connectivity index (χ4v) is 4.20. The van der Waals surface area contributed by atoms with Gasteiger partial charge in [-0.25, -0.2) is 0 Å². The molecule has 6 nitrogen and oxygen atoms in total. The van der Waals surface area contributed by atoms with E-state index in [-0.39, 0.29) is 0 Å². The van der Waals surface area contributed by atoms with Crippen LogP contribution in [-0.2, 0) is 9.31 Å². The summed E-state index contributed by atoms with van der Waals surface area (Å²) < 4.78 is 20.2. The molecule has 2 aromatic rings. The van der Waals surface area contributed by atoms with Crippen LogP contribution in [0, 0.1) is 5.92 Å². The molecule has 2 aliphatic rings. The molecule has 1 aromatic carbocycles. The number of aromatic nitrogens is 2. The minimum atomic E-state index is -0.465. The summed E-state index contributed by atoms with van der Waals surface area (Å²) in [6.07, 6.45) is 6.34. The van der Waals surface area contributed by atoms with Gasteiger partial charge in [0.1, 0.15) is 5.75 Å². The third-order valence-corrected chi connectivity index (χ3v) is 6.83. The van der Waals surface area contributed by atoms with Crippen LogP contribution in [0.4, 0.5) is 0 Å². The Bertz CT molecular complexity index is 839. The van der Waals surface area contributed by atoms with E-state index in [9.17, 15) is 5.11 Å². The highest BCUT2D eigenvalue weighted by Gasteiger charge is 2.52. The van der Waals surface area contributed by atoms with Crippen molar-refractivity contribution in [2.45, 2.75) is 70.6 Å². The van der Waals surface area contributed by atoms with Crippen molar-refractivity contribution in [1.29, 1.82) is 0 Å². The third-order valence-electron chi connectivity index (χ3n) is 6.83. The molecule has 1 N–H and O–H groups in total. The van der Waals surface area contributed by atoms with Gasteiger partial charge in [-0.15, -0.1) is 0 Å². The number of methoxy groups -OCH3 is 1. The highest BCUT2D eigenvalue weighted by Crippen LogP contribution is 2.38. The second-order valence-corrected chi connectivity index (χ2v) is 9.21. The number of rotatable bonds is 4. The molecule has 0 spiro atoms. The van der Waals surface area contributed by atoms with Gasteiger partial charge in [-0.3, -0.25) is 4.68 Å². The van der Waals surface area contributed by atoms with E-state index in [2.05, 4.69) is 44.6 Å². The SMILES string of the molecule is COc1cc2nn([C@H]3CC[C@H](CO)CC3)cc2cc1B1OC(C)(C)C(C)(C)O1. The van der Waals surface area contributed by atoms with Crippen molar-refractivity contribution in [3.05, 3.63) is 18.3 Å².